The number of anilines is 1. The molecule has 1 heterocycles. The van der Waals surface area contributed by atoms with E-state index in [1.165, 1.54) is 12.0 Å². The molecule has 1 aliphatic carbocycles. The predicted octanol–water partition coefficient (Wildman–Crippen LogP) is 5.26. The molecule has 2 aromatic rings. The van der Waals surface area contributed by atoms with Crippen molar-refractivity contribution in [2.75, 3.05) is 5.32 Å². The Bertz CT molecular complexity index is 841. The molecule has 0 unspecified atom stereocenters. The van der Waals surface area contributed by atoms with Crippen molar-refractivity contribution in [2.45, 2.75) is 40.0 Å². The Morgan fingerprint density at radius 3 is 2.83 bits per heavy atom. The second-order valence-electron chi connectivity index (χ2n) is 7.23. The number of pyridine rings is 1. The van der Waals surface area contributed by atoms with Gasteiger partial charge in [0.2, 0.25) is 0 Å². The number of aromatic nitrogens is 1. The van der Waals surface area contributed by atoms with Crippen LogP contribution in [0.3, 0.4) is 0 Å². The summed E-state index contributed by atoms with van der Waals surface area (Å²) in [5, 5.41) is 5.04. The van der Waals surface area contributed by atoms with E-state index >= 15 is 0 Å². The van der Waals surface area contributed by atoms with Gasteiger partial charge in [0.25, 0.3) is 5.91 Å². The van der Waals surface area contributed by atoms with Gasteiger partial charge in [-0.3, -0.25) is 9.78 Å². The van der Waals surface area contributed by atoms with Gasteiger partial charge in [0.15, 0.2) is 0 Å². The summed E-state index contributed by atoms with van der Waals surface area (Å²) in [5.41, 5.74) is 3.79. The van der Waals surface area contributed by atoms with E-state index in [0.717, 1.165) is 34.9 Å². The molecule has 0 aliphatic heterocycles. The molecule has 1 amide bonds. The van der Waals surface area contributed by atoms with Gasteiger partial charge in [0.1, 0.15) is 0 Å². The highest BCUT2D eigenvalue weighted by Crippen LogP contribution is 2.43. The second-order valence-corrected chi connectivity index (χ2v) is 7.23. The molecule has 3 rings (SSSR count). The van der Waals surface area contributed by atoms with Crippen LogP contribution in [0.4, 0.5) is 5.69 Å². The normalized spacial score (nSPS) is 17.0. The lowest BCUT2D eigenvalue weighted by molar-refractivity contribution is -0.112. The van der Waals surface area contributed by atoms with E-state index in [1.54, 1.807) is 12.4 Å². The van der Waals surface area contributed by atoms with Crippen LogP contribution in [-0.2, 0) is 4.79 Å². The second kappa shape index (κ2) is 6.23. The van der Waals surface area contributed by atoms with E-state index in [-0.39, 0.29) is 11.3 Å². The average molecular weight is 320 g/mol. The predicted molar refractivity (Wildman–Crippen MR) is 99.8 cm³/mol. The van der Waals surface area contributed by atoms with Crippen LogP contribution >= 0.6 is 0 Å². The van der Waals surface area contributed by atoms with Crippen LogP contribution < -0.4 is 5.32 Å². The van der Waals surface area contributed by atoms with Crippen molar-refractivity contribution < 1.29 is 4.79 Å². The van der Waals surface area contributed by atoms with E-state index in [1.807, 2.05) is 24.3 Å². The molecule has 1 N–H and O–H groups in total. The fraction of sp³-hybridized carbons (Fsp3) is 0.333. The minimum Gasteiger partial charge on any atom is -0.321 e. The molecule has 1 aromatic heterocycles. The monoisotopic (exact) mass is 320 g/mol. The Balaban J connectivity index is 1.91. The highest BCUT2D eigenvalue weighted by Gasteiger charge is 2.32. The Kier molecular flexibility index (Phi) is 4.27. The summed E-state index contributed by atoms with van der Waals surface area (Å²) >= 11 is 0. The smallest absolute Gasteiger partial charge is 0.255 e. The molecular weight excluding hydrogens is 296 g/mol. The van der Waals surface area contributed by atoms with Crippen LogP contribution in [0.1, 0.15) is 40.0 Å². The van der Waals surface area contributed by atoms with Gasteiger partial charge in [-0.25, -0.2) is 0 Å². The molecule has 0 fully saturated rings. The number of nitrogens with one attached hydrogen (secondary N) is 1. The maximum absolute atomic E-state index is 12.8. The van der Waals surface area contributed by atoms with Crippen LogP contribution in [0.2, 0.25) is 0 Å². The number of carbonyl (C=O) groups is 1. The standard InChI is InChI=1S/C21H24N2O/c1-14-7-6-11-21(3,4)19(14)15(2)20(24)23-18-9-5-8-16-13-22-12-10-17(16)18/h5,8-10,12-13H,2,6-7,11H2,1,3-4H3,(H,23,24). The molecule has 0 radical (unpaired) electrons. The molecule has 1 aliphatic rings. The molecule has 3 nitrogen and oxygen atoms in total. The number of benzene rings is 1. The van der Waals surface area contributed by atoms with Crippen molar-refractivity contribution in [2.24, 2.45) is 5.41 Å². The molecule has 24 heavy (non-hydrogen) atoms. The van der Waals surface area contributed by atoms with E-state index in [4.69, 9.17) is 0 Å². The van der Waals surface area contributed by atoms with Crippen molar-refractivity contribution in [1.29, 1.82) is 0 Å². The number of hydrogen-bond acceptors (Lipinski definition) is 2. The third kappa shape index (κ3) is 2.99. The molecular formula is C21H24N2O. The first-order chi connectivity index (χ1) is 11.4. The topological polar surface area (TPSA) is 42.0 Å². The Morgan fingerprint density at radius 1 is 1.29 bits per heavy atom. The van der Waals surface area contributed by atoms with Crippen molar-refractivity contribution >= 4 is 22.4 Å². The number of fused-ring (bicyclic) bond motifs is 1. The first-order valence-electron chi connectivity index (χ1n) is 8.44. The van der Waals surface area contributed by atoms with Crippen LogP contribution in [0, 0.1) is 5.41 Å². The minimum atomic E-state index is -0.122. The molecule has 0 bridgehead atoms. The largest absolute Gasteiger partial charge is 0.321 e. The molecule has 0 saturated carbocycles. The number of carbonyl (C=O) groups excluding carboxylic acids is 1. The van der Waals surface area contributed by atoms with Crippen LogP contribution in [-0.4, -0.2) is 10.9 Å². The van der Waals surface area contributed by atoms with E-state index in [2.05, 4.69) is 37.7 Å². The van der Waals surface area contributed by atoms with Gasteiger partial charge in [0, 0.05) is 34.4 Å². The van der Waals surface area contributed by atoms with Gasteiger partial charge in [-0.1, -0.05) is 38.1 Å². The number of nitrogens with zero attached hydrogens (tertiary/aromatic N) is 1. The van der Waals surface area contributed by atoms with Gasteiger partial charge in [-0.2, -0.15) is 0 Å². The number of amides is 1. The minimum absolute atomic E-state index is 0.000563. The Labute approximate surface area is 143 Å². The third-order valence-corrected chi connectivity index (χ3v) is 4.96. The van der Waals surface area contributed by atoms with E-state index in [9.17, 15) is 4.79 Å². The van der Waals surface area contributed by atoms with Crippen LogP contribution in [0.15, 0.2) is 60.0 Å². The molecule has 0 saturated heterocycles. The van der Waals surface area contributed by atoms with E-state index < -0.39 is 0 Å². The summed E-state index contributed by atoms with van der Waals surface area (Å²) in [6.07, 6.45) is 6.85. The van der Waals surface area contributed by atoms with Crippen molar-refractivity contribution in [1.82, 2.24) is 4.98 Å². The fourth-order valence-corrected chi connectivity index (χ4v) is 3.83. The summed E-state index contributed by atoms with van der Waals surface area (Å²) in [6.45, 7) is 10.6. The fourth-order valence-electron chi connectivity index (χ4n) is 3.83. The van der Waals surface area contributed by atoms with Crippen molar-refractivity contribution in [3.8, 4) is 0 Å². The van der Waals surface area contributed by atoms with Crippen LogP contribution in [0.5, 0.6) is 0 Å². The summed E-state index contributed by atoms with van der Waals surface area (Å²) in [7, 11) is 0. The first kappa shape index (κ1) is 16.4. The quantitative estimate of drug-likeness (QED) is 0.784. The molecule has 1 aromatic carbocycles. The van der Waals surface area contributed by atoms with Gasteiger partial charge in [0.05, 0.1) is 0 Å². The van der Waals surface area contributed by atoms with Gasteiger partial charge in [-0.15, -0.1) is 0 Å². The highest BCUT2D eigenvalue weighted by atomic mass is 16.1. The average Bonchev–Trinajstić information content (AvgIpc) is 2.54. The summed E-state index contributed by atoms with van der Waals surface area (Å²) in [5.74, 6) is -0.122. The number of rotatable bonds is 3. The maximum Gasteiger partial charge on any atom is 0.255 e. The van der Waals surface area contributed by atoms with Crippen LogP contribution in [0.25, 0.3) is 10.8 Å². The zero-order chi connectivity index (χ0) is 17.3. The molecule has 3 heteroatoms. The lowest BCUT2D eigenvalue weighted by Gasteiger charge is -2.35. The summed E-state index contributed by atoms with van der Waals surface area (Å²) in [4.78, 5) is 17.0. The SMILES string of the molecule is C=C(C(=O)Nc1cccc2cnccc12)C1=C(C)CCCC1(C)C. The first-order valence-corrected chi connectivity index (χ1v) is 8.44. The molecule has 124 valence electrons. The highest BCUT2D eigenvalue weighted by molar-refractivity contribution is 6.10. The van der Waals surface area contributed by atoms with Crippen molar-refractivity contribution in [3.63, 3.8) is 0 Å². The van der Waals surface area contributed by atoms with Crippen molar-refractivity contribution in [3.05, 3.63) is 60.0 Å². The number of hydrogen-bond donors (Lipinski definition) is 1. The summed E-state index contributed by atoms with van der Waals surface area (Å²) < 4.78 is 0. The molecule has 0 atom stereocenters. The third-order valence-electron chi connectivity index (χ3n) is 4.96. The van der Waals surface area contributed by atoms with Gasteiger partial charge >= 0.3 is 0 Å². The molecule has 0 spiro atoms. The van der Waals surface area contributed by atoms with Gasteiger partial charge in [-0.05, 0) is 49.3 Å². The zero-order valence-corrected chi connectivity index (χ0v) is 14.6. The Morgan fingerprint density at radius 2 is 2.08 bits per heavy atom. The maximum atomic E-state index is 12.8. The zero-order valence-electron chi connectivity index (χ0n) is 14.6. The number of allylic oxidation sites excluding steroid dienone is 1. The Hall–Kier alpha value is -2.42. The lowest BCUT2D eigenvalue weighted by Crippen LogP contribution is -2.26. The lowest BCUT2D eigenvalue weighted by atomic mass is 9.70. The van der Waals surface area contributed by atoms with E-state index in [0.29, 0.717) is 5.57 Å². The summed E-state index contributed by atoms with van der Waals surface area (Å²) in [6, 6.07) is 7.75. The van der Waals surface area contributed by atoms with Gasteiger partial charge < -0.3 is 5.32 Å².